The first-order chi connectivity index (χ1) is 7.90. The standard InChI is InChI=1S/C11H24N2O3S/c1-9(2)8-17(14,15)13-5-4-11(16-3)6-10(13)7-12/h9-11H,4-8,12H2,1-3H3. The van der Waals surface area contributed by atoms with E-state index in [4.69, 9.17) is 10.5 Å². The summed E-state index contributed by atoms with van der Waals surface area (Å²) in [6, 6.07) is -0.113. The second kappa shape index (κ2) is 6.13. The van der Waals surface area contributed by atoms with E-state index in [1.54, 1.807) is 11.4 Å². The molecule has 0 amide bonds. The highest BCUT2D eigenvalue weighted by Gasteiger charge is 2.35. The molecule has 102 valence electrons. The zero-order chi connectivity index (χ0) is 13.1. The molecule has 6 heteroatoms. The number of ether oxygens (including phenoxy) is 1. The van der Waals surface area contributed by atoms with Gasteiger partial charge < -0.3 is 10.5 Å². The molecule has 0 radical (unpaired) electrons. The highest BCUT2D eigenvalue weighted by Crippen LogP contribution is 2.23. The Morgan fingerprint density at radius 3 is 2.59 bits per heavy atom. The van der Waals surface area contributed by atoms with Gasteiger partial charge in [0.05, 0.1) is 11.9 Å². The fourth-order valence-electron chi connectivity index (χ4n) is 2.30. The zero-order valence-electron chi connectivity index (χ0n) is 10.9. The molecule has 0 aliphatic carbocycles. The van der Waals surface area contributed by atoms with E-state index < -0.39 is 10.0 Å². The predicted molar refractivity (Wildman–Crippen MR) is 68.2 cm³/mol. The molecule has 1 heterocycles. The van der Waals surface area contributed by atoms with Gasteiger partial charge in [-0.3, -0.25) is 0 Å². The highest BCUT2D eigenvalue weighted by molar-refractivity contribution is 7.89. The third-order valence-corrected chi connectivity index (χ3v) is 5.40. The van der Waals surface area contributed by atoms with Gasteiger partial charge in [-0.05, 0) is 18.8 Å². The van der Waals surface area contributed by atoms with Crippen molar-refractivity contribution >= 4 is 10.0 Å². The summed E-state index contributed by atoms with van der Waals surface area (Å²) < 4.78 is 31.2. The lowest BCUT2D eigenvalue weighted by molar-refractivity contribution is 0.0401. The topological polar surface area (TPSA) is 72.6 Å². The summed E-state index contributed by atoms with van der Waals surface area (Å²) in [5, 5.41) is 0. The Morgan fingerprint density at radius 1 is 1.47 bits per heavy atom. The molecule has 1 saturated heterocycles. The lowest BCUT2D eigenvalue weighted by Gasteiger charge is -2.37. The SMILES string of the molecule is COC1CCN(S(=O)(=O)CC(C)C)C(CN)C1. The van der Waals surface area contributed by atoms with Crippen LogP contribution in [0.4, 0.5) is 0 Å². The van der Waals surface area contributed by atoms with Gasteiger partial charge in [-0.15, -0.1) is 0 Å². The Bertz CT molecular complexity index is 330. The third-order valence-electron chi connectivity index (χ3n) is 3.12. The summed E-state index contributed by atoms with van der Waals surface area (Å²) in [5.74, 6) is 0.333. The molecule has 2 unspecified atom stereocenters. The summed E-state index contributed by atoms with van der Waals surface area (Å²) in [7, 11) is -1.51. The Balaban J connectivity index is 2.76. The maximum Gasteiger partial charge on any atom is 0.214 e. The monoisotopic (exact) mass is 264 g/mol. The molecule has 5 nitrogen and oxygen atoms in total. The molecule has 1 aliphatic heterocycles. The first kappa shape index (κ1) is 14.9. The van der Waals surface area contributed by atoms with Gasteiger partial charge in [-0.2, -0.15) is 4.31 Å². The quantitative estimate of drug-likeness (QED) is 0.780. The van der Waals surface area contributed by atoms with Gasteiger partial charge in [-0.1, -0.05) is 13.8 Å². The van der Waals surface area contributed by atoms with Gasteiger partial charge in [0.15, 0.2) is 0 Å². The van der Waals surface area contributed by atoms with Crippen LogP contribution in [-0.2, 0) is 14.8 Å². The van der Waals surface area contributed by atoms with Gasteiger partial charge in [0.1, 0.15) is 0 Å². The second-order valence-electron chi connectivity index (χ2n) is 5.05. The number of rotatable bonds is 5. The molecule has 0 spiro atoms. The van der Waals surface area contributed by atoms with E-state index in [-0.39, 0.29) is 23.8 Å². The van der Waals surface area contributed by atoms with Gasteiger partial charge in [0, 0.05) is 26.2 Å². The number of hydrogen-bond donors (Lipinski definition) is 1. The van der Waals surface area contributed by atoms with Crippen molar-refractivity contribution < 1.29 is 13.2 Å². The number of hydrogen-bond acceptors (Lipinski definition) is 4. The average Bonchev–Trinajstić information content (AvgIpc) is 2.26. The van der Waals surface area contributed by atoms with Crippen molar-refractivity contribution in [3.05, 3.63) is 0 Å². The van der Waals surface area contributed by atoms with Crippen LogP contribution in [-0.4, -0.2) is 50.8 Å². The fraction of sp³-hybridized carbons (Fsp3) is 1.00. The molecule has 2 N–H and O–H groups in total. The molecule has 2 atom stereocenters. The summed E-state index contributed by atoms with van der Waals surface area (Å²) >= 11 is 0. The Labute approximate surface area is 104 Å². The first-order valence-electron chi connectivity index (χ1n) is 6.13. The van der Waals surface area contributed by atoms with Crippen LogP contribution >= 0.6 is 0 Å². The maximum absolute atomic E-state index is 12.2. The van der Waals surface area contributed by atoms with Gasteiger partial charge >= 0.3 is 0 Å². The molecule has 1 fully saturated rings. The molecule has 0 bridgehead atoms. The number of sulfonamides is 1. The van der Waals surface area contributed by atoms with Crippen molar-refractivity contribution in [3.63, 3.8) is 0 Å². The van der Waals surface area contributed by atoms with Gasteiger partial charge in [-0.25, -0.2) is 8.42 Å². The van der Waals surface area contributed by atoms with Gasteiger partial charge in [0.25, 0.3) is 0 Å². The van der Waals surface area contributed by atoms with Crippen molar-refractivity contribution in [1.29, 1.82) is 0 Å². The number of piperidine rings is 1. The van der Waals surface area contributed by atoms with Crippen LogP contribution in [0.5, 0.6) is 0 Å². The van der Waals surface area contributed by atoms with Crippen molar-refractivity contribution in [2.45, 2.75) is 38.8 Å². The minimum atomic E-state index is -3.18. The molecular weight excluding hydrogens is 240 g/mol. The van der Waals surface area contributed by atoms with E-state index in [1.807, 2.05) is 13.8 Å². The van der Waals surface area contributed by atoms with Crippen molar-refractivity contribution in [2.24, 2.45) is 11.7 Å². The number of nitrogens with two attached hydrogens (primary N) is 1. The minimum absolute atomic E-state index is 0.113. The minimum Gasteiger partial charge on any atom is -0.381 e. The lowest BCUT2D eigenvalue weighted by atomic mass is 10.0. The Morgan fingerprint density at radius 2 is 2.12 bits per heavy atom. The predicted octanol–water partition coefficient (Wildman–Crippen LogP) is 0.410. The smallest absolute Gasteiger partial charge is 0.214 e. The van der Waals surface area contributed by atoms with Crippen molar-refractivity contribution in [2.75, 3.05) is 26.0 Å². The molecule has 17 heavy (non-hydrogen) atoms. The molecule has 0 saturated carbocycles. The fourth-order valence-corrected chi connectivity index (χ4v) is 4.35. The van der Waals surface area contributed by atoms with E-state index >= 15 is 0 Å². The maximum atomic E-state index is 12.2. The van der Waals surface area contributed by atoms with Crippen LogP contribution in [0.3, 0.4) is 0 Å². The molecule has 1 aliphatic rings. The average molecular weight is 264 g/mol. The molecular formula is C11H24N2O3S. The van der Waals surface area contributed by atoms with Crippen LogP contribution < -0.4 is 5.73 Å². The summed E-state index contributed by atoms with van der Waals surface area (Å²) in [6.07, 6.45) is 1.59. The van der Waals surface area contributed by atoms with Crippen LogP contribution in [0.1, 0.15) is 26.7 Å². The Kier molecular flexibility index (Phi) is 5.37. The van der Waals surface area contributed by atoms with Gasteiger partial charge in [0.2, 0.25) is 10.0 Å². The van der Waals surface area contributed by atoms with E-state index in [1.165, 1.54) is 0 Å². The normalized spacial score (nSPS) is 27.6. The summed E-state index contributed by atoms with van der Waals surface area (Å²) in [4.78, 5) is 0. The Hall–Kier alpha value is -0.170. The van der Waals surface area contributed by atoms with Crippen LogP contribution in [0, 0.1) is 5.92 Å². The summed E-state index contributed by atoms with van der Waals surface area (Å²) in [6.45, 7) is 4.71. The second-order valence-corrected chi connectivity index (χ2v) is 7.02. The number of methoxy groups -OCH3 is 1. The van der Waals surface area contributed by atoms with Crippen molar-refractivity contribution in [3.8, 4) is 0 Å². The summed E-state index contributed by atoms with van der Waals surface area (Å²) in [5.41, 5.74) is 5.68. The third kappa shape index (κ3) is 3.91. The molecule has 0 aromatic carbocycles. The molecule has 0 aromatic rings. The van der Waals surface area contributed by atoms with Crippen LogP contribution in [0.15, 0.2) is 0 Å². The van der Waals surface area contributed by atoms with E-state index in [0.29, 0.717) is 19.5 Å². The highest BCUT2D eigenvalue weighted by atomic mass is 32.2. The van der Waals surface area contributed by atoms with Crippen LogP contribution in [0.25, 0.3) is 0 Å². The lowest BCUT2D eigenvalue weighted by Crippen LogP contribution is -2.52. The van der Waals surface area contributed by atoms with Crippen molar-refractivity contribution in [1.82, 2.24) is 4.31 Å². The van der Waals surface area contributed by atoms with E-state index in [0.717, 1.165) is 6.42 Å². The molecule has 0 aromatic heterocycles. The molecule has 1 rings (SSSR count). The van der Waals surface area contributed by atoms with Crippen LogP contribution in [0.2, 0.25) is 0 Å². The number of nitrogens with zero attached hydrogens (tertiary/aromatic N) is 1. The first-order valence-corrected chi connectivity index (χ1v) is 7.74. The zero-order valence-corrected chi connectivity index (χ0v) is 11.7. The van der Waals surface area contributed by atoms with E-state index in [2.05, 4.69) is 0 Å². The van der Waals surface area contributed by atoms with E-state index in [9.17, 15) is 8.42 Å². The largest absolute Gasteiger partial charge is 0.381 e.